The number of aromatic amines is 1. The van der Waals surface area contributed by atoms with Crippen LogP contribution in [0.2, 0.25) is 0 Å². The van der Waals surface area contributed by atoms with Crippen molar-refractivity contribution in [3.8, 4) is 5.75 Å². The van der Waals surface area contributed by atoms with E-state index >= 15 is 0 Å². The highest BCUT2D eigenvalue weighted by Gasteiger charge is 2.11. The quantitative estimate of drug-likeness (QED) is 0.476. The summed E-state index contributed by atoms with van der Waals surface area (Å²) in [4.78, 5) is 43.8. The molecule has 1 aromatic heterocycles. The summed E-state index contributed by atoms with van der Waals surface area (Å²) >= 11 is 0. The second-order valence-electron chi connectivity index (χ2n) is 8.23. The maximum atomic E-state index is 13.2. The molecule has 2 aromatic carbocycles. The molecule has 0 bridgehead atoms. The minimum Gasteiger partial charge on any atom is -0.491 e. The average Bonchev–Trinajstić information content (AvgIpc) is 2.79. The summed E-state index contributed by atoms with van der Waals surface area (Å²) in [6.45, 7) is 6.01. The van der Waals surface area contributed by atoms with Crippen LogP contribution >= 0.6 is 0 Å². The van der Waals surface area contributed by atoms with E-state index in [4.69, 9.17) is 9.84 Å². The minimum atomic E-state index is -1.10. The van der Waals surface area contributed by atoms with E-state index in [9.17, 15) is 14.4 Å². The Bertz CT molecular complexity index is 1300. The van der Waals surface area contributed by atoms with Crippen LogP contribution in [0.15, 0.2) is 63.1 Å². The van der Waals surface area contributed by atoms with Gasteiger partial charge in [0.1, 0.15) is 5.75 Å². The first-order valence-electron chi connectivity index (χ1n) is 11.3. The summed E-state index contributed by atoms with van der Waals surface area (Å²) in [5.74, 6) is -0.384. The molecule has 0 aliphatic rings. The number of carboxylic acids is 1. The summed E-state index contributed by atoms with van der Waals surface area (Å²) in [7, 11) is 0. The normalized spacial score (nSPS) is 12.5. The number of aromatic nitrogens is 3. The molecule has 0 fully saturated rings. The topological polar surface area (TPSA) is 119 Å². The third-order valence-electron chi connectivity index (χ3n) is 5.30. The van der Waals surface area contributed by atoms with E-state index in [0.717, 1.165) is 28.5 Å². The third kappa shape index (κ3) is 6.57. The van der Waals surface area contributed by atoms with Crippen LogP contribution < -0.4 is 21.7 Å². The van der Waals surface area contributed by atoms with Crippen molar-refractivity contribution in [2.24, 2.45) is 4.99 Å². The number of nitrogens with one attached hydrogen (secondary N) is 1. The molecule has 0 amide bonds. The van der Waals surface area contributed by atoms with Gasteiger partial charge < -0.3 is 9.84 Å². The molecule has 0 unspecified atom stereocenters. The van der Waals surface area contributed by atoms with Gasteiger partial charge in [0.15, 0.2) is 0 Å². The Labute approximate surface area is 197 Å². The summed E-state index contributed by atoms with van der Waals surface area (Å²) in [5, 5.41) is 8.98. The Balaban J connectivity index is 2.03. The molecule has 0 aliphatic heterocycles. The van der Waals surface area contributed by atoms with E-state index in [-0.39, 0.29) is 31.2 Å². The number of carbonyl (C=O) groups is 1. The molecule has 0 saturated heterocycles. The summed E-state index contributed by atoms with van der Waals surface area (Å²) < 4.78 is 8.08. The molecule has 1 heterocycles. The number of H-pyrrole nitrogens is 1. The first-order chi connectivity index (χ1) is 16.3. The molecule has 3 rings (SSSR count). The van der Waals surface area contributed by atoms with Crippen LogP contribution in [0.5, 0.6) is 5.75 Å². The van der Waals surface area contributed by atoms with Crippen molar-refractivity contribution < 1.29 is 14.6 Å². The molecule has 9 nitrogen and oxygen atoms in total. The fraction of sp³-hybridized carbons (Fsp3) is 0.360. The van der Waals surface area contributed by atoms with Crippen molar-refractivity contribution in [2.75, 3.05) is 0 Å². The predicted molar refractivity (Wildman–Crippen MR) is 129 cm³/mol. The number of aryl methyl sites for hydroxylation is 1. The van der Waals surface area contributed by atoms with Gasteiger partial charge in [-0.2, -0.15) is 0 Å². The van der Waals surface area contributed by atoms with E-state index < -0.39 is 17.3 Å². The first-order valence-corrected chi connectivity index (χ1v) is 11.3. The Morgan fingerprint density at radius 2 is 1.76 bits per heavy atom. The standard InChI is InChI=1S/C25H30N4O5/c1-4-5-18(3)34-21-12-10-20(11-13-21)26-23-27-24(32)28(15-14-22(30)31)25(33)29(23)16-19-8-6-17(2)7-9-19/h6-13,18H,4-5,14-16H2,1-3H3,(H,30,31)(H,26,27,32)/t18-/m1/s1. The van der Waals surface area contributed by atoms with Crippen LogP contribution in [0.4, 0.5) is 5.69 Å². The maximum Gasteiger partial charge on any atom is 0.335 e. The van der Waals surface area contributed by atoms with Crippen molar-refractivity contribution in [3.63, 3.8) is 0 Å². The van der Waals surface area contributed by atoms with Gasteiger partial charge in [0, 0.05) is 6.54 Å². The van der Waals surface area contributed by atoms with Gasteiger partial charge in [-0.25, -0.2) is 19.1 Å². The average molecular weight is 467 g/mol. The second-order valence-corrected chi connectivity index (χ2v) is 8.23. The van der Waals surface area contributed by atoms with Gasteiger partial charge in [0.05, 0.1) is 24.8 Å². The number of rotatable bonds is 10. The van der Waals surface area contributed by atoms with Crippen LogP contribution in [0.1, 0.15) is 44.2 Å². The van der Waals surface area contributed by atoms with Gasteiger partial charge in [-0.05, 0) is 50.1 Å². The molecule has 34 heavy (non-hydrogen) atoms. The van der Waals surface area contributed by atoms with E-state index in [1.165, 1.54) is 4.57 Å². The van der Waals surface area contributed by atoms with Crippen LogP contribution in [0.25, 0.3) is 0 Å². The molecular formula is C25H30N4O5. The number of nitrogens with zero attached hydrogens (tertiary/aromatic N) is 3. The summed E-state index contributed by atoms with van der Waals surface area (Å²) in [6, 6.07) is 14.7. The second kappa shape index (κ2) is 11.3. The lowest BCUT2D eigenvalue weighted by molar-refractivity contribution is -0.137. The van der Waals surface area contributed by atoms with Crippen LogP contribution in [-0.4, -0.2) is 31.3 Å². The van der Waals surface area contributed by atoms with Gasteiger partial charge >= 0.3 is 17.3 Å². The molecule has 0 radical (unpaired) electrons. The lowest BCUT2D eigenvalue weighted by atomic mass is 10.1. The van der Waals surface area contributed by atoms with Crippen LogP contribution in [0, 0.1) is 6.92 Å². The maximum absolute atomic E-state index is 13.2. The first kappa shape index (κ1) is 24.8. The van der Waals surface area contributed by atoms with Crippen molar-refractivity contribution in [1.82, 2.24) is 14.1 Å². The van der Waals surface area contributed by atoms with Gasteiger partial charge in [0.2, 0.25) is 5.62 Å². The largest absolute Gasteiger partial charge is 0.491 e. The van der Waals surface area contributed by atoms with Crippen LogP contribution in [-0.2, 0) is 17.9 Å². The predicted octanol–water partition coefficient (Wildman–Crippen LogP) is 2.97. The zero-order chi connectivity index (χ0) is 24.7. The van der Waals surface area contributed by atoms with E-state index in [1.807, 2.05) is 38.1 Å². The number of aliphatic carboxylic acids is 1. The van der Waals surface area contributed by atoms with Crippen molar-refractivity contribution in [2.45, 2.75) is 59.2 Å². The number of ether oxygens (including phenoxy) is 1. The molecular weight excluding hydrogens is 436 g/mol. The molecule has 3 aromatic rings. The fourth-order valence-corrected chi connectivity index (χ4v) is 3.48. The van der Waals surface area contributed by atoms with Crippen molar-refractivity contribution >= 4 is 11.7 Å². The van der Waals surface area contributed by atoms with E-state index in [2.05, 4.69) is 16.9 Å². The lowest BCUT2D eigenvalue weighted by Crippen LogP contribution is -2.50. The molecule has 0 spiro atoms. The number of benzene rings is 2. The smallest absolute Gasteiger partial charge is 0.335 e. The number of carboxylic acid groups (broad SMARTS) is 1. The van der Waals surface area contributed by atoms with Crippen LogP contribution in [0.3, 0.4) is 0 Å². The minimum absolute atomic E-state index is 0.0789. The Morgan fingerprint density at radius 1 is 1.09 bits per heavy atom. The highest BCUT2D eigenvalue weighted by atomic mass is 16.5. The molecule has 9 heteroatoms. The SMILES string of the molecule is CCC[C@@H](C)Oc1ccc(/N=c2\[nH]c(=O)n(CCC(=O)O)c(=O)n2Cc2ccc(C)cc2)cc1. The molecule has 0 saturated carbocycles. The van der Waals surface area contributed by atoms with E-state index in [1.54, 1.807) is 24.3 Å². The van der Waals surface area contributed by atoms with Gasteiger partial charge in [-0.1, -0.05) is 43.2 Å². The Hall–Kier alpha value is -3.88. The molecule has 0 aliphatic carbocycles. The summed E-state index contributed by atoms with van der Waals surface area (Å²) in [5.41, 5.74) is 1.20. The third-order valence-corrected chi connectivity index (χ3v) is 5.30. The van der Waals surface area contributed by atoms with Gasteiger partial charge in [0.25, 0.3) is 0 Å². The highest BCUT2D eigenvalue weighted by molar-refractivity contribution is 5.66. The molecule has 2 N–H and O–H groups in total. The zero-order valence-electron chi connectivity index (χ0n) is 19.7. The number of hydrogen-bond donors (Lipinski definition) is 2. The highest BCUT2D eigenvalue weighted by Crippen LogP contribution is 2.19. The number of hydrogen-bond acceptors (Lipinski definition) is 5. The monoisotopic (exact) mass is 466 g/mol. The molecule has 180 valence electrons. The van der Waals surface area contributed by atoms with E-state index in [0.29, 0.717) is 11.4 Å². The molecule has 1 atom stereocenters. The zero-order valence-corrected chi connectivity index (χ0v) is 19.7. The van der Waals surface area contributed by atoms with Crippen molar-refractivity contribution in [3.05, 3.63) is 86.2 Å². The van der Waals surface area contributed by atoms with Crippen molar-refractivity contribution in [1.29, 1.82) is 0 Å². The Kier molecular flexibility index (Phi) is 8.24. The van der Waals surface area contributed by atoms with Gasteiger partial charge in [-0.3, -0.25) is 14.3 Å². The van der Waals surface area contributed by atoms with Gasteiger partial charge in [-0.15, -0.1) is 0 Å². The Morgan fingerprint density at radius 3 is 2.38 bits per heavy atom. The summed E-state index contributed by atoms with van der Waals surface area (Å²) in [6.07, 6.45) is 1.73. The lowest BCUT2D eigenvalue weighted by Gasteiger charge is -2.13. The fourth-order valence-electron chi connectivity index (χ4n) is 3.48.